The molecular weight excluding hydrogens is 396 g/mol. The van der Waals surface area contributed by atoms with Gasteiger partial charge >= 0.3 is 0 Å². The first-order valence-corrected chi connectivity index (χ1v) is 10.5. The van der Waals surface area contributed by atoms with Crippen LogP contribution in [0.4, 0.5) is 5.69 Å². The van der Waals surface area contributed by atoms with Gasteiger partial charge in [0, 0.05) is 42.4 Å². The number of alkyl halides is 1. The molecule has 1 N–H and O–H groups in total. The number of fused-ring (bicyclic) bond motifs is 3. The summed E-state index contributed by atoms with van der Waals surface area (Å²) < 4.78 is 0. The van der Waals surface area contributed by atoms with Crippen LogP contribution < -0.4 is 4.90 Å². The first-order chi connectivity index (χ1) is 14.5. The molecule has 154 valence electrons. The van der Waals surface area contributed by atoms with Crippen LogP contribution in [0.2, 0.25) is 0 Å². The maximum absolute atomic E-state index is 13.0. The maximum atomic E-state index is 13.0. The van der Waals surface area contributed by atoms with Crippen LogP contribution in [0.1, 0.15) is 22.6 Å². The molecule has 1 aliphatic heterocycles. The van der Waals surface area contributed by atoms with Gasteiger partial charge in [0.15, 0.2) is 0 Å². The fraction of sp³-hybridized carbons (Fsp3) is 0.240. The third kappa shape index (κ3) is 3.93. The molecule has 0 bridgehead atoms. The number of hydrogen-bond acceptors (Lipinski definition) is 3. The molecule has 0 aliphatic carbocycles. The first kappa shape index (κ1) is 20.5. The molecule has 0 saturated carbocycles. The van der Waals surface area contributed by atoms with Crippen molar-refractivity contribution in [2.75, 3.05) is 31.4 Å². The van der Waals surface area contributed by atoms with E-state index in [1.165, 1.54) is 5.56 Å². The Labute approximate surface area is 182 Å². The number of phenolic OH excluding ortho intramolecular Hbond substituents is 1. The van der Waals surface area contributed by atoms with Crippen LogP contribution >= 0.6 is 11.6 Å². The highest BCUT2D eigenvalue weighted by Crippen LogP contribution is 2.45. The van der Waals surface area contributed by atoms with E-state index in [0.717, 1.165) is 34.1 Å². The monoisotopic (exact) mass is 420 g/mol. The van der Waals surface area contributed by atoms with Gasteiger partial charge in [-0.15, -0.1) is 11.6 Å². The molecule has 0 fully saturated rings. The van der Waals surface area contributed by atoms with Crippen LogP contribution in [-0.2, 0) is 11.3 Å². The zero-order valence-corrected chi connectivity index (χ0v) is 17.9. The Kier molecular flexibility index (Phi) is 5.80. The standard InChI is InChI=1S/C25H25ClN2O2/c1-27(2)15-18-9-7-17(8-10-18)11-12-24(30)28-16-19(14-26)25-21-6-4-3-5-20(21)23(29)13-22(25)28/h3-13,19,29H,14-16H2,1-2H3. The normalized spacial score (nSPS) is 16.0. The van der Waals surface area contributed by atoms with Crippen molar-refractivity contribution in [3.63, 3.8) is 0 Å². The number of phenols is 1. The fourth-order valence-electron chi connectivity index (χ4n) is 4.12. The van der Waals surface area contributed by atoms with Crippen molar-refractivity contribution >= 4 is 40.0 Å². The average Bonchev–Trinajstić information content (AvgIpc) is 3.11. The molecule has 4 rings (SSSR count). The largest absolute Gasteiger partial charge is 0.507 e. The van der Waals surface area contributed by atoms with E-state index in [4.69, 9.17) is 11.6 Å². The van der Waals surface area contributed by atoms with Crippen molar-refractivity contribution in [2.45, 2.75) is 12.5 Å². The number of rotatable bonds is 5. The van der Waals surface area contributed by atoms with Gasteiger partial charge in [-0.3, -0.25) is 4.79 Å². The van der Waals surface area contributed by atoms with Crippen molar-refractivity contribution in [2.24, 2.45) is 0 Å². The number of aromatic hydroxyl groups is 1. The summed E-state index contributed by atoms with van der Waals surface area (Å²) >= 11 is 6.25. The number of benzene rings is 3. The van der Waals surface area contributed by atoms with Crippen molar-refractivity contribution < 1.29 is 9.90 Å². The van der Waals surface area contributed by atoms with Crippen LogP contribution in [0.15, 0.2) is 60.7 Å². The Morgan fingerprint density at radius 2 is 1.87 bits per heavy atom. The quantitative estimate of drug-likeness (QED) is 0.467. The summed E-state index contributed by atoms with van der Waals surface area (Å²) in [6.07, 6.45) is 3.42. The molecule has 3 aromatic carbocycles. The van der Waals surface area contributed by atoms with E-state index in [-0.39, 0.29) is 17.6 Å². The summed E-state index contributed by atoms with van der Waals surface area (Å²) in [5.41, 5.74) is 3.98. The SMILES string of the molecule is CN(C)Cc1ccc(C=CC(=O)N2CC(CCl)c3c2cc(O)c2ccccc32)cc1. The van der Waals surface area contributed by atoms with Gasteiger partial charge in [0.25, 0.3) is 5.91 Å². The topological polar surface area (TPSA) is 43.8 Å². The molecule has 0 radical (unpaired) electrons. The first-order valence-electron chi connectivity index (χ1n) is 10.0. The van der Waals surface area contributed by atoms with Gasteiger partial charge in [0.05, 0.1) is 5.69 Å². The molecule has 0 aromatic heterocycles. The highest BCUT2D eigenvalue weighted by atomic mass is 35.5. The third-order valence-electron chi connectivity index (χ3n) is 5.49. The zero-order chi connectivity index (χ0) is 21.3. The van der Waals surface area contributed by atoms with E-state index in [0.29, 0.717) is 12.4 Å². The van der Waals surface area contributed by atoms with E-state index in [9.17, 15) is 9.90 Å². The summed E-state index contributed by atoms with van der Waals surface area (Å²) in [5.74, 6) is 0.520. The van der Waals surface area contributed by atoms with Crippen LogP contribution in [-0.4, -0.2) is 42.4 Å². The van der Waals surface area contributed by atoms with Gasteiger partial charge in [-0.1, -0.05) is 48.5 Å². The Morgan fingerprint density at radius 1 is 1.17 bits per heavy atom. The molecule has 1 amide bonds. The van der Waals surface area contributed by atoms with E-state index in [2.05, 4.69) is 17.0 Å². The fourth-order valence-corrected chi connectivity index (χ4v) is 4.37. The summed E-state index contributed by atoms with van der Waals surface area (Å²) in [5, 5.41) is 12.2. The molecule has 1 heterocycles. The predicted molar refractivity (Wildman–Crippen MR) is 124 cm³/mol. The number of amides is 1. The second-order valence-corrected chi connectivity index (χ2v) is 8.30. The number of anilines is 1. The summed E-state index contributed by atoms with van der Waals surface area (Å²) in [6, 6.07) is 17.6. The summed E-state index contributed by atoms with van der Waals surface area (Å²) in [7, 11) is 4.07. The maximum Gasteiger partial charge on any atom is 0.251 e. The zero-order valence-electron chi connectivity index (χ0n) is 17.2. The molecule has 5 heteroatoms. The molecule has 1 unspecified atom stereocenters. The van der Waals surface area contributed by atoms with Crippen molar-refractivity contribution in [3.8, 4) is 5.75 Å². The lowest BCUT2D eigenvalue weighted by molar-refractivity contribution is -0.114. The highest BCUT2D eigenvalue weighted by molar-refractivity contribution is 6.19. The minimum absolute atomic E-state index is 0.0369. The van der Waals surface area contributed by atoms with Gasteiger partial charge in [0.2, 0.25) is 0 Å². The number of hydrogen-bond donors (Lipinski definition) is 1. The van der Waals surface area contributed by atoms with E-state index >= 15 is 0 Å². The lowest BCUT2D eigenvalue weighted by Gasteiger charge is -2.16. The van der Waals surface area contributed by atoms with Crippen molar-refractivity contribution in [1.82, 2.24) is 4.90 Å². The van der Waals surface area contributed by atoms with Gasteiger partial charge in [-0.05, 0) is 42.2 Å². The van der Waals surface area contributed by atoms with E-state index < -0.39 is 0 Å². The lowest BCUT2D eigenvalue weighted by Crippen LogP contribution is -2.28. The van der Waals surface area contributed by atoms with E-state index in [1.54, 1.807) is 17.0 Å². The second kappa shape index (κ2) is 8.50. The average molecular weight is 421 g/mol. The van der Waals surface area contributed by atoms with Crippen LogP contribution in [0, 0.1) is 0 Å². The van der Waals surface area contributed by atoms with Gasteiger partial charge in [-0.2, -0.15) is 0 Å². The number of nitrogens with zero attached hydrogens (tertiary/aromatic N) is 2. The third-order valence-corrected chi connectivity index (χ3v) is 5.87. The molecular formula is C25H25ClN2O2. The summed E-state index contributed by atoms with van der Waals surface area (Å²) in [6.45, 7) is 1.39. The second-order valence-electron chi connectivity index (χ2n) is 7.99. The number of carbonyl (C=O) groups excluding carboxylic acids is 1. The molecule has 3 aromatic rings. The Hall–Kier alpha value is -2.82. The van der Waals surface area contributed by atoms with Gasteiger partial charge in [0.1, 0.15) is 5.75 Å². The minimum atomic E-state index is -0.115. The molecule has 1 atom stereocenters. The van der Waals surface area contributed by atoms with Gasteiger partial charge < -0.3 is 14.9 Å². The number of halogens is 1. The lowest BCUT2D eigenvalue weighted by atomic mass is 9.95. The van der Waals surface area contributed by atoms with E-state index in [1.807, 2.05) is 56.6 Å². The molecule has 0 spiro atoms. The number of carbonyl (C=O) groups is 1. The molecule has 1 aliphatic rings. The van der Waals surface area contributed by atoms with Crippen molar-refractivity contribution in [1.29, 1.82) is 0 Å². The Balaban J connectivity index is 1.61. The summed E-state index contributed by atoms with van der Waals surface area (Å²) in [4.78, 5) is 16.8. The smallest absolute Gasteiger partial charge is 0.251 e. The highest BCUT2D eigenvalue weighted by Gasteiger charge is 2.33. The molecule has 4 nitrogen and oxygen atoms in total. The van der Waals surface area contributed by atoms with Crippen LogP contribution in [0.25, 0.3) is 16.8 Å². The predicted octanol–water partition coefficient (Wildman–Crippen LogP) is 4.99. The van der Waals surface area contributed by atoms with Crippen LogP contribution in [0.3, 0.4) is 0 Å². The Bertz CT molecular complexity index is 1110. The Morgan fingerprint density at radius 3 is 2.53 bits per heavy atom. The van der Waals surface area contributed by atoms with Gasteiger partial charge in [-0.25, -0.2) is 0 Å². The molecule has 30 heavy (non-hydrogen) atoms. The van der Waals surface area contributed by atoms with Crippen molar-refractivity contribution in [3.05, 3.63) is 77.4 Å². The van der Waals surface area contributed by atoms with Crippen LogP contribution in [0.5, 0.6) is 5.75 Å². The minimum Gasteiger partial charge on any atom is -0.507 e. The molecule has 0 saturated heterocycles.